The summed E-state index contributed by atoms with van der Waals surface area (Å²) in [6.45, 7) is 0. The molecule has 6 heteroatoms. The number of halogens is 1. The van der Waals surface area contributed by atoms with E-state index >= 15 is 0 Å². The first-order valence-corrected chi connectivity index (χ1v) is 6.26. The fourth-order valence-corrected chi connectivity index (χ4v) is 1.97. The Balaban J connectivity index is 1.76. The lowest BCUT2D eigenvalue weighted by Gasteiger charge is -2.06. The molecule has 5 nitrogen and oxygen atoms in total. The smallest absolute Gasteiger partial charge is 0.260 e. The Bertz CT molecular complexity index is 717. The predicted octanol–water partition coefficient (Wildman–Crippen LogP) is 3.37. The third-order valence-corrected chi connectivity index (χ3v) is 3.05. The average Bonchev–Trinajstić information content (AvgIpc) is 3.10. The molecule has 0 saturated heterocycles. The summed E-state index contributed by atoms with van der Waals surface area (Å²) in [5, 5.41) is 6.95. The summed E-state index contributed by atoms with van der Waals surface area (Å²) >= 11 is 5.75. The minimum Gasteiger partial charge on any atom is -0.452 e. The van der Waals surface area contributed by atoms with E-state index in [-0.39, 0.29) is 11.1 Å². The zero-order valence-electron chi connectivity index (χ0n) is 10.3. The molecule has 0 radical (unpaired) electrons. The number of rotatable bonds is 3. The van der Waals surface area contributed by atoms with Gasteiger partial charge in [0.2, 0.25) is 5.22 Å². The molecule has 20 heavy (non-hydrogen) atoms. The summed E-state index contributed by atoms with van der Waals surface area (Å²) in [5.74, 6) is -0.310. The number of amides is 1. The predicted molar refractivity (Wildman–Crippen MR) is 75.2 cm³/mol. The van der Waals surface area contributed by atoms with Crippen molar-refractivity contribution in [1.29, 1.82) is 0 Å². The maximum absolute atomic E-state index is 11.9. The number of aromatic nitrogens is 2. The Kier molecular flexibility index (Phi) is 3.26. The number of benzene rings is 1. The molecule has 1 N–H and O–H groups in total. The highest BCUT2D eigenvalue weighted by Crippen LogP contribution is 2.19. The molecule has 0 unspecified atom stereocenters. The quantitative estimate of drug-likeness (QED) is 0.803. The van der Waals surface area contributed by atoms with Crippen LogP contribution in [0.4, 0.5) is 5.69 Å². The average molecular weight is 288 g/mol. The van der Waals surface area contributed by atoms with Crippen LogP contribution in [0.5, 0.6) is 0 Å². The second-order valence-corrected chi connectivity index (χ2v) is 4.40. The van der Waals surface area contributed by atoms with Gasteiger partial charge in [-0.2, -0.15) is 5.10 Å². The molecular weight excluding hydrogens is 278 g/mol. The largest absolute Gasteiger partial charge is 0.452 e. The summed E-state index contributed by atoms with van der Waals surface area (Å²) in [5.41, 5.74) is 1.89. The molecule has 0 atom stereocenters. The molecule has 3 aromatic rings. The van der Waals surface area contributed by atoms with Crippen molar-refractivity contribution in [3.63, 3.8) is 0 Å². The Labute approximate surface area is 119 Å². The molecule has 0 aliphatic carbocycles. The van der Waals surface area contributed by atoms with Crippen molar-refractivity contribution in [1.82, 2.24) is 9.78 Å². The van der Waals surface area contributed by atoms with Gasteiger partial charge < -0.3 is 9.73 Å². The second kappa shape index (κ2) is 5.22. The molecule has 0 spiro atoms. The minimum absolute atomic E-state index is 0.0793. The molecule has 0 aliphatic heterocycles. The fourth-order valence-electron chi connectivity index (χ4n) is 1.77. The molecule has 0 bridgehead atoms. The maximum atomic E-state index is 11.9. The van der Waals surface area contributed by atoms with Gasteiger partial charge in [-0.1, -0.05) is 0 Å². The van der Waals surface area contributed by atoms with Crippen LogP contribution in [0.1, 0.15) is 10.4 Å². The van der Waals surface area contributed by atoms with Crippen LogP contribution in [0.2, 0.25) is 5.22 Å². The second-order valence-electron chi connectivity index (χ2n) is 4.06. The SMILES string of the molecule is O=C(Nc1ccc(-n2cccn2)cc1)c1ccoc1Cl. The zero-order chi connectivity index (χ0) is 13.9. The maximum Gasteiger partial charge on any atom is 0.260 e. The van der Waals surface area contributed by atoms with Gasteiger partial charge in [0.1, 0.15) is 0 Å². The lowest BCUT2D eigenvalue weighted by Crippen LogP contribution is -2.11. The summed E-state index contributed by atoms with van der Waals surface area (Å²) in [6.07, 6.45) is 4.92. The van der Waals surface area contributed by atoms with Crippen LogP contribution in [0.3, 0.4) is 0 Å². The van der Waals surface area contributed by atoms with Gasteiger partial charge in [0, 0.05) is 18.1 Å². The van der Waals surface area contributed by atoms with E-state index in [1.54, 1.807) is 23.0 Å². The molecule has 3 rings (SSSR count). The van der Waals surface area contributed by atoms with E-state index in [9.17, 15) is 4.79 Å². The van der Waals surface area contributed by atoms with Crippen LogP contribution in [0, 0.1) is 0 Å². The van der Waals surface area contributed by atoms with Crippen LogP contribution in [-0.2, 0) is 0 Å². The Morgan fingerprint density at radius 3 is 2.65 bits per heavy atom. The summed E-state index contributed by atoms with van der Waals surface area (Å²) in [6, 6.07) is 10.7. The van der Waals surface area contributed by atoms with E-state index < -0.39 is 0 Å². The van der Waals surface area contributed by atoms with Gasteiger partial charge in [0.25, 0.3) is 5.91 Å². The van der Waals surface area contributed by atoms with Crippen molar-refractivity contribution in [2.75, 3.05) is 5.32 Å². The van der Waals surface area contributed by atoms with Gasteiger partial charge in [-0.05, 0) is 48.0 Å². The minimum atomic E-state index is -0.310. The van der Waals surface area contributed by atoms with Crippen LogP contribution in [0.15, 0.2) is 59.5 Å². The number of furan rings is 1. The topological polar surface area (TPSA) is 60.1 Å². The first kappa shape index (κ1) is 12.5. The van der Waals surface area contributed by atoms with Crippen molar-refractivity contribution in [2.45, 2.75) is 0 Å². The summed E-state index contributed by atoms with van der Waals surface area (Å²) in [4.78, 5) is 11.9. The Morgan fingerprint density at radius 2 is 2.05 bits per heavy atom. The highest BCUT2D eigenvalue weighted by atomic mass is 35.5. The third-order valence-electron chi connectivity index (χ3n) is 2.76. The molecule has 100 valence electrons. The lowest BCUT2D eigenvalue weighted by molar-refractivity contribution is 0.102. The van der Waals surface area contributed by atoms with Crippen molar-refractivity contribution in [3.8, 4) is 5.69 Å². The van der Waals surface area contributed by atoms with Crippen LogP contribution >= 0.6 is 11.6 Å². The van der Waals surface area contributed by atoms with Gasteiger partial charge in [0.05, 0.1) is 17.5 Å². The molecule has 1 amide bonds. The highest BCUT2D eigenvalue weighted by molar-refractivity contribution is 6.32. The standard InChI is InChI=1S/C14H10ClN3O2/c15-13-12(6-9-20-13)14(19)17-10-2-4-11(5-3-10)18-8-1-7-16-18/h1-9H,(H,17,19). The molecule has 1 aromatic carbocycles. The molecular formula is C14H10ClN3O2. The summed E-state index contributed by atoms with van der Waals surface area (Å²) in [7, 11) is 0. The van der Waals surface area contributed by atoms with Crippen LogP contribution in [-0.4, -0.2) is 15.7 Å². The first-order valence-electron chi connectivity index (χ1n) is 5.88. The number of anilines is 1. The normalized spacial score (nSPS) is 10.4. The monoisotopic (exact) mass is 287 g/mol. The number of hydrogen-bond acceptors (Lipinski definition) is 3. The van der Waals surface area contributed by atoms with E-state index in [0.29, 0.717) is 11.3 Å². The van der Waals surface area contributed by atoms with Gasteiger partial charge >= 0.3 is 0 Å². The van der Waals surface area contributed by atoms with Gasteiger partial charge in [-0.15, -0.1) is 0 Å². The van der Waals surface area contributed by atoms with Crippen molar-refractivity contribution in [2.24, 2.45) is 0 Å². The lowest BCUT2D eigenvalue weighted by atomic mass is 10.2. The Morgan fingerprint density at radius 1 is 1.25 bits per heavy atom. The van der Waals surface area contributed by atoms with Gasteiger partial charge in [-0.3, -0.25) is 4.79 Å². The molecule has 0 aliphatic rings. The van der Waals surface area contributed by atoms with Crippen LogP contribution in [0.25, 0.3) is 5.69 Å². The fraction of sp³-hybridized carbons (Fsp3) is 0. The number of carbonyl (C=O) groups is 1. The van der Waals surface area contributed by atoms with E-state index in [2.05, 4.69) is 10.4 Å². The van der Waals surface area contributed by atoms with Gasteiger partial charge in [0.15, 0.2) is 0 Å². The number of nitrogens with zero attached hydrogens (tertiary/aromatic N) is 2. The van der Waals surface area contributed by atoms with Crippen LogP contribution < -0.4 is 5.32 Å². The Hall–Kier alpha value is -2.53. The first-order chi connectivity index (χ1) is 9.74. The van der Waals surface area contributed by atoms with Crippen molar-refractivity contribution < 1.29 is 9.21 Å². The van der Waals surface area contributed by atoms with Crippen molar-refractivity contribution >= 4 is 23.2 Å². The van der Waals surface area contributed by atoms with Crippen molar-refractivity contribution in [3.05, 3.63) is 65.8 Å². The highest BCUT2D eigenvalue weighted by Gasteiger charge is 2.12. The number of nitrogens with one attached hydrogen (secondary N) is 1. The molecule has 0 fully saturated rings. The molecule has 2 aromatic heterocycles. The van der Waals surface area contributed by atoms with E-state index in [0.717, 1.165) is 5.69 Å². The summed E-state index contributed by atoms with van der Waals surface area (Å²) < 4.78 is 6.62. The van der Waals surface area contributed by atoms with E-state index in [1.165, 1.54) is 12.3 Å². The molecule has 2 heterocycles. The third kappa shape index (κ3) is 2.44. The molecule has 0 saturated carbocycles. The zero-order valence-corrected chi connectivity index (χ0v) is 11.0. The van der Waals surface area contributed by atoms with Gasteiger partial charge in [-0.25, -0.2) is 4.68 Å². The van der Waals surface area contributed by atoms with E-state index in [1.807, 2.05) is 24.4 Å². The number of carbonyl (C=O) groups excluding carboxylic acids is 1. The van der Waals surface area contributed by atoms with E-state index in [4.69, 9.17) is 16.0 Å². The number of hydrogen-bond donors (Lipinski definition) is 1.